The van der Waals surface area contributed by atoms with Gasteiger partial charge in [0.25, 0.3) is 0 Å². The number of thiophene rings is 1. The minimum atomic E-state index is -0.559. The number of esters is 1. The van der Waals surface area contributed by atoms with Crippen molar-refractivity contribution in [3.63, 3.8) is 0 Å². The Kier molecular flexibility index (Phi) is 7.97. The molecule has 38 heavy (non-hydrogen) atoms. The number of anilines is 1. The zero-order chi connectivity index (χ0) is 27.7. The largest absolute Gasteiger partial charge is 0.494 e. The Balaban J connectivity index is 1.43. The summed E-state index contributed by atoms with van der Waals surface area (Å²) in [7, 11) is 0. The smallest absolute Gasteiger partial charge is 0.341 e. The van der Waals surface area contributed by atoms with Crippen LogP contribution in [-0.2, 0) is 19.1 Å². The van der Waals surface area contributed by atoms with Crippen LogP contribution in [0.5, 0.6) is 5.75 Å². The summed E-state index contributed by atoms with van der Waals surface area (Å²) in [6.45, 7) is 10.6. The molecule has 204 valence electrons. The summed E-state index contributed by atoms with van der Waals surface area (Å²) in [4.78, 5) is 53.3. The van der Waals surface area contributed by atoms with E-state index in [1.807, 2.05) is 57.3 Å². The van der Waals surface area contributed by atoms with Crippen molar-refractivity contribution < 1.29 is 28.7 Å². The van der Waals surface area contributed by atoms with Crippen LogP contribution in [0.15, 0.2) is 29.6 Å². The Bertz CT molecular complexity index is 1230. The topological polar surface area (TPSA) is 102 Å². The van der Waals surface area contributed by atoms with Crippen molar-refractivity contribution in [2.45, 2.75) is 60.3 Å². The number of likely N-dealkylation sites (tertiary alicyclic amines) is 1. The fraction of sp³-hybridized carbons (Fsp3) is 0.517. The lowest BCUT2D eigenvalue weighted by atomic mass is 9.62. The number of rotatable bonds is 10. The second-order valence-electron chi connectivity index (χ2n) is 10.6. The van der Waals surface area contributed by atoms with Gasteiger partial charge >= 0.3 is 5.97 Å². The summed E-state index contributed by atoms with van der Waals surface area (Å²) in [5, 5.41) is 5.08. The van der Waals surface area contributed by atoms with Gasteiger partial charge in [-0.2, -0.15) is 0 Å². The number of piperidine rings is 1. The number of benzene rings is 1. The van der Waals surface area contributed by atoms with Crippen LogP contribution < -0.4 is 10.1 Å². The van der Waals surface area contributed by atoms with Crippen LogP contribution in [0.3, 0.4) is 0 Å². The summed E-state index contributed by atoms with van der Waals surface area (Å²) in [5.41, 5.74) is 0.863. The summed E-state index contributed by atoms with van der Waals surface area (Å²) in [6, 6.07) is 7.40. The lowest BCUT2D eigenvalue weighted by Gasteiger charge is -2.47. The molecule has 2 bridgehead atoms. The third-order valence-electron chi connectivity index (χ3n) is 8.29. The molecule has 2 atom stereocenters. The number of nitrogens with one attached hydrogen (secondary N) is 1. The molecule has 0 spiro atoms. The first-order valence-electron chi connectivity index (χ1n) is 13.2. The molecule has 8 nitrogen and oxygen atoms in total. The molecule has 1 N–H and O–H groups in total. The van der Waals surface area contributed by atoms with Crippen molar-refractivity contribution in [3.05, 3.63) is 35.2 Å². The van der Waals surface area contributed by atoms with Gasteiger partial charge in [-0.15, -0.1) is 11.3 Å². The van der Waals surface area contributed by atoms with Crippen molar-refractivity contribution in [2.75, 3.05) is 25.1 Å². The molecule has 4 rings (SSSR count). The molecule has 1 aliphatic heterocycles. The van der Waals surface area contributed by atoms with Gasteiger partial charge < -0.3 is 14.8 Å². The molecule has 1 aromatic heterocycles. The number of fused-ring (bicyclic) bond motifs is 2. The Labute approximate surface area is 227 Å². The third-order valence-corrected chi connectivity index (χ3v) is 9.19. The molecule has 1 aromatic carbocycles. The fourth-order valence-corrected chi connectivity index (χ4v) is 6.64. The predicted molar refractivity (Wildman–Crippen MR) is 146 cm³/mol. The normalized spacial score (nSPS) is 21.9. The van der Waals surface area contributed by atoms with Crippen LogP contribution in [0.4, 0.5) is 5.00 Å². The van der Waals surface area contributed by atoms with Gasteiger partial charge in [0, 0.05) is 29.8 Å². The minimum absolute atomic E-state index is 0.111. The van der Waals surface area contributed by atoms with Crippen LogP contribution in [-0.4, -0.2) is 48.3 Å². The number of amides is 3. The SMILES string of the molecule is CCOC(=O)c1c(-c2ccc(OCC)cc2)csc1NC(=O)CCCN1C(=O)C2CCC(C)(C1=O)C2(C)C. The van der Waals surface area contributed by atoms with E-state index in [-0.39, 0.29) is 48.6 Å². The summed E-state index contributed by atoms with van der Waals surface area (Å²) in [6.07, 6.45) is 1.88. The van der Waals surface area contributed by atoms with Crippen molar-refractivity contribution in [1.29, 1.82) is 0 Å². The van der Waals surface area contributed by atoms with Gasteiger partial charge in [0.1, 0.15) is 16.3 Å². The maximum atomic E-state index is 13.2. The molecule has 2 heterocycles. The van der Waals surface area contributed by atoms with Crippen molar-refractivity contribution in [3.8, 4) is 16.9 Å². The van der Waals surface area contributed by atoms with Crippen molar-refractivity contribution in [1.82, 2.24) is 4.90 Å². The van der Waals surface area contributed by atoms with Gasteiger partial charge in [0.15, 0.2) is 0 Å². The molecule has 1 saturated heterocycles. The number of carbonyl (C=O) groups is 4. The molecule has 2 aromatic rings. The highest BCUT2D eigenvalue weighted by Gasteiger charge is 2.64. The molecule has 2 unspecified atom stereocenters. The fourth-order valence-electron chi connectivity index (χ4n) is 5.67. The van der Waals surface area contributed by atoms with E-state index in [9.17, 15) is 19.2 Å². The Morgan fingerprint density at radius 2 is 1.82 bits per heavy atom. The van der Waals surface area contributed by atoms with E-state index in [4.69, 9.17) is 9.47 Å². The minimum Gasteiger partial charge on any atom is -0.494 e. The van der Waals surface area contributed by atoms with Gasteiger partial charge in [0.2, 0.25) is 17.7 Å². The zero-order valence-electron chi connectivity index (χ0n) is 22.7. The number of carbonyl (C=O) groups excluding carboxylic acids is 4. The lowest BCUT2D eigenvalue weighted by molar-refractivity contribution is -0.168. The standard InChI is InChI=1S/C29H36N2O6S/c1-6-36-19-12-10-18(11-13-19)20-17-38-24(23(20)26(34)37-7-2)30-22(32)9-8-16-31-25(33)21-14-15-29(5,27(31)35)28(21,3)4/h10-13,17,21H,6-9,14-16H2,1-5H3,(H,30,32). The zero-order valence-corrected chi connectivity index (χ0v) is 23.5. The quantitative estimate of drug-likeness (QED) is 0.314. The first kappa shape index (κ1) is 27.8. The number of nitrogens with zero attached hydrogens (tertiary/aromatic N) is 1. The monoisotopic (exact) mass is 540 g/mol. The second kappa shape index (κ2) is 10.9. The highest BCUT2D eigenvalue weighted by atomic mass is 32.1. The molecule has 1 saturated carbocycles. The van der Waals surface area contributed by atoms with Crippen LogP contribution in [0, 0.1) is 16.7 Å². The van der Waals surface area contributed by atoms with Crippen molar-refractivity contribution >= 4 is 40.0 Å². The van der Waals surface area contributed by atoms with E-state index in [1.165, 1.54) is 16.2 Å². The number of hydrogen-bond acceptors (Lipinski definition) is 7. The average Bonchev–Trinajstić information content (AvgIpc) is 3.37. The summed E-state index contributed by atoms with van der Waals surface area (Å²) < 4.78 is 10.8. The molecule has 9 heteroatoms. The van der Waals surface area contributed by atoms with E-state index in [0.29, 0.717) is 35.6 Å². The van der Waals surface area contributed by atoms with E-state index in [1.54, 1.807) is 6.92 Å². The Hall–Kier alpha value is -3.20. The first-order chi connectivity index (χ1) is 18.0. The molecule has 2 fully saturated rings. The number of imide groups is 1. The highest BCUT2D eigenvalue weighted by molar-refractivity contribution is 7.15. The van der Waals surface area contributed by atoms with Crippen LogP contribution in [0.1, 0.15) is 70.7 Å². The van der Waals surface area contributed by atoms with Crippen LogP contribution in [0.2, 0.25) is 0 Å². The van der Waals surface area contributed by atoms with E-state index in [0.717, 1.165) is 17.7 Å². The lowest BCUT2D eigenvalue weighted by Crippen LogP contribution is -2.59. The van der Waals surface area contributed by atoms with Gasteiger partial charge in [-0.05, 0) is 56.2 Å². The highest BCUT2D eigenvalue weighted by Crippen LogP contribution is 2.60. The predicted octanol–water partition coefficient (Wildman–Crippen LogP) is 5.52. The maximum Gasteiger partial charge on any atom is 0.341 e. The van der Waals surface area contributed by atoms with Crippen LogP contribution >= 0.6 is 11.3 Å². The summed E-state index contributed by atoms with van der Waals surface area (Å²) >= 11 is 1.26. The molecule has 0 radical (unpaired) electrons. The third kappa shape index (κ3) is 4.84. The molecular formula is C29H36N2O6S. The molecular weight excluding hydrogens is 504 g/mol. The van der Waals surface area contributed by atoms with Gasteiger partial charge in [-0.3, -0.25) is 19.3 Å². The van der Waals surface area contributed by atoms with Gasteiger partial charge in [-0.1, -0.05) is 32.9 Å². The van der Waals surface area contributed by atoms with E-state index < -0.39 is 11.4 Å². The number of ether oxygens (including phenoxy) is 2. The van der Waals surface area contributed by atoms with E-state index >= 15 is 0 Å². The second-order valence-corrected chi connectivity index (χ2v) is 11.5. The van der Waals surface area contributed by atoms with Crippen molar-refractivity contribution in [2.24, 2.45) is 16.7 Å². The molecule has 2 aliphatic rings. The van der Waals surface area contributed by atoms with Gasteiger partial charge in [0.05, 0.1) is 18.6 Å². The average molecular weight is 541 g/mol. The Morgan fingerprint density at radius 3 is 2.47 bits per heavy atom. The Morgan fingerprint density at radius 1 is 1.11 bits per heavy atom. The molecule has 1 aliphatic carbocycles. The first-order valence-corrected chi connectivity index (χ1v) is 14.1. The molecule has 3 amide bonds. The van der Waals surface area contributed by atoms with E-state index in [2.05, 4.69) is 5.32 Å². The van der Waals surface area contributed by atoms with Crippen LogP contribution in [0.25, 0.3) is 11.1 Å². The summed E-state index contributed by atoms with van der Waals surface area (Å²) in [5.74, 6) is -0.499. The van der Waals surface area contributed by atoms with Gasteiger partial charge in [-0.25, -0.2) is 4.79 Å². The maximum absolute atomic E-state index is 13.2. The number of hydrogen-bond donors (Lipinski definition) is 1.